The molecule has 0 saturated heterocycles. The van der Waals surface area contributed by atoms with Crippen LogP contribution in [0.5, 0.6) is 0 Å². The van der Waals surface area contributed by atoms with Gasteiger partial charge in [0.2, 0.25) is 0 Å². The van der Waals surface area contributed by atoms with Gasteiger partial charge in [0.15, 0.2) is 0 Å². The molecule has 1 saturated carbocycles. The number of nitrogens with one attached hydrogen (secondary N) is 1. The van der Waals surface area contributed by atoms with Crippen molar-refractivity contribution in [1.82, 2.24) is 0 Å². The molecule has 1 aliphatic rings. The average Bonchev–Trinajstić information content (AvgIpc) is 2.35. The molecule has 0 aliphatic heterocycles. The molecule has 112 valence electrons. The lowest BCUT2D eigenvalue weighted by molar-refractivity contribution is 0.288. The first-order chi connectivity index (χ1) is 9.45. The Labute approximate surface area is 128 Å². The number of benzene rings is 1. The smallest absolute Gasteiger partial charge is 0.147 e. The minimum absolute atomic E-state index is 0.168. The number of halogens is 3. The van der Waals surface area contributed by atoms with Crippen LogP contribution in [0, 0.1) is 23.5 Å². The van der Waals surface area contributed by atoms with Crippen molar-refractivity contribution >= 4 is 21.6 Å². The van der Waals surface area contributed by atoms with Gasteiger partial charge in [0, 0.05) is 12.1 Å². The van der Waals surface area contributed by atoms with Gasteiger partial charge in [0.05, 0.1) is 10.2 Å². The Kier molecular flexibility index (Phi) is 5.42. The number of hydrogen-bond acceptors (Lipinski definition) is 1. The van der Waals surface area contributed by atoms with Crippen molar-refractivity contribution in [3.8, 4) is 0 Å². The number of rotatable bonds is 4. The first-order valence-corrected chi connectivity index (χ1v) is 8.16. The summed E-state index contributed by atoms with van der Waals surface area (Å²) in [7, 11) is 0. The fourth-order valence-electron chi connectivity index (χ4n) is 3.16. The molecule has 1 fully saturated rings. The standard InChI is InChI=1S/C16H22BrF2N/c1-10(2)6-11-4-3-5-12(7-11)20-16-9-14(18)13(17)8-15(16)19/h8-12,20H,3-7H2,1-2H3. The van der Waals surface area contributed by atoms with E-state index in [1.54, 1.807) is 0 Å². The molecule has 1 aromatic carbocycles. The zero-order chi connectivity index (χ0) is 14.7. The molecule has 2 rings (SSSR count). The monoisotopic (exact) mass is 345 g/mol. The summed E-state index contributed by atoms with van der Waals surface area (Å²) in [4.78, 5) is 0. The van der Waals surface area contributed by atoms with E-state index in [0.717, 1.165) is 19.3 Å². The Hall–Kier alpha value is -0.640. The van der Waals surface area contributed by atoms with Crippen molar-refractivity contribution in [2.24, 2.45) is 11.8 Å². The maximum Gasteiger partial charge on any atom is 0.147 e. The molecule has 0 radical (unpaired) electrons. The van der Waals surface area contributed by atoms with Gasteiger partial charge in [0.25, 0.3) is 0 Å². The SMILES string of the molecule is CC(C)CC1CCCC(Nc2cc(F)c(Br)cc2F)C1. The highest BCUT2D eigenvalue weighted by molar-refractivity contribution is 9.10. The zero-order valence-corrected chi connectivity index (χ0v) is 13.6. The van der Waals surface area contributed by atoms with Crippen LogP contribution in [0.25, 0.3) is 0 Å². The van der Waals surface area contributed by atoms with Crippen LogP contribution in [0.1, 0.15) is 46.0 Å². The maximum atomic E-state index is 13.8. The largest absolute Gasteiger partial charge is 0.380 e. The lowest BCUT2D eigenvalue weighted by Gasteiger charge is -2.31. The van der Waals surface area contributed by atoms with E-state index in [1.807, 2.05) is 0 Å². The minimum atomic E-state index is -0.427. The zero-order valence-electron chi connectivity index (χ0n) is 12.1. The second kappa shape index (κ2) is 6.88. The van der Waals surface area contributed by atoms with E-state index >= 15 is 0 Å². The Morgan fingerprint density at radius 3 is 2.70 bits per heavy atom. The van der Waals surface area contributed by atoms with Gasteiger partial charge in [0.1, 0.15) is 11.6 Å². The Morgan fingerprint density at radius 1 is 1.25 bits per heavy atom. The van der Waals surface area contributed by atoms with E-state index in [9.17, 15) is 8.78 Å². The third kappa shape index (κ3) is 4.18. The molecule has 0 aromatic heterocycles. The molecule has 20 heavy (non-hydrogen) atoms. The lowest BCUT2D eigenvalue weighted by Crippen LogP contribution is -2.28. The van der Waals surface area contributed by atoms with Crippen LogP contribution in [0.4, 0.5) is 14.5 Å². The quantitative estimate of drug-likeness (QED) is 0.685. The van der Waals surface area contributed by atoms with Gasteiger partial charge in [-0.15, -0.1) is 0 Å². The van der Waals surface area contributed by atoms with Crippen molar-refractivity contribution in [2.45, 2.75) is 52.0 Å². The topological polar surface area (TPSA) is 12.0 Å². The Bertz CT molecular complexity index is 462. The van der Waals surface area contributed by atoms with Crippen LogP contribution in [0.3, 0.4) is 0 Å². The normalized spacial score (nSPS) is 23.1. The van der Waals surface area contributed by atoms with Crippen molar-refractivity contribution in [1.29, 1.82) is 0 Å². The lowest BCUT2D eigenvalue weighted by atomic mass is 9.81. The highest BCUT2D eigenvalue weighted by atomic mass is 79.9. The molecule has 1 aromatic rings. The average molecular weight is 346 g/mol. The second-order valence-electron chi connectivity index (χ2n) is 6.25. The molecule has 1 nitrogen and oxygen atoms in total. The molecule has 0 spiro atoms. The predicted octanol–water partition coefficient (Wildman–Crippen LogP) is 5.74. The minimum Gasteiger partial charge on any atom is -0.380 e. The molecular formula is C16H22BrF2N. The van der Waals surface area contributed by atoms with Gasteiger partial charge in [-0.3, -0.25) is 0 Å². The van der Waals surface area contributed by atoms with Crippen LogP contribution in [-0.4, -0.2) is 6.04 Å². The van der Waals surface area contributed by atoms with Crippen LogP contribution < -0.4 is 5.32 Å². The third-order valence-electron chi connectivity index (χ3n) is 3.96. The van der Waals surface area contributed by atoms with Crippen molar-refractivity contribution in [2.75, 3.05) is 5.32 Å². The summed E-state index contributed by atoms with van der Waals surface area (Å²) in [5, 5.41) is 3.18. The fourth-order valence-corrected chi connectivity index (χ4v) is 3.47. The van der Waals surface area contributed by atoms with Gasteiger partial charge in [-0.05, 0) is 53.1 Å². The third-order valence-corrected chi connectivity index (χ3v) is 4.56. The summed E-state index contributed by atoms with van der Waals surface area (Å²) in [5.74, 6) is 0.568. The molecule has 0 heterocycles. The summed E-state index contributed by atoms with van der Waals surface area (Å²) in [6.07, 6.45) is 5.72. The van der Waals surface area contributed by atoms with E-state index in [4.69, 9.17) is 0 Å². The first kappa shape index (κ1) is 15.7. The molecule has 0 bridgehead atoms. The van der Waals surface area contributed by atoms with E-state index < -0.39 is 11.6 Å². The Morgan fingerprint density at radius 2 is 2.00 bits per heavy atom. The van der Waals surface area contributed by atoms with E-state index in [-0.39, 0.29) is 16.2 Å². The number of hydrogen-bond donors (Lipinski definition) is 1. The number of anilines is 1. The summed E-state index contributed by atoms with van der Waals surface area (Å²) >= 11 is 3.00. The molecule has 0 amide bonds. The highest BCUT2D eigenvalue weighted by Crippen LogP contribution is 2.32. The van der Waals surface area contributed by atoms with Gasteiger partial charge in [-0.25, -0.2) is 8.78 Å². The van der Waals surface area contributed by atoms with Crippen LogP contribution >= 0.6 is 15.9 Å². The molecule has 4 heteroatoms. The summed E-state index contributed by atoms with van der Waals surface area (Å²) in [6, 6.07) is 2.68. The molecule has 1 aliphatic carbocycles. The van der Waals surface area contributed by atoms with Crippen LogP contribution in [0.2, 0.25) is 0 Å². The van der Waals surface area contributed by atoms with Crippen LogP contribution in [0.15, 0.2) is 16.6 Å². The van der Waals surface area contributed by atoms with E-state index in [1.165, 1.54) is 25.0 Å². The van der Waals surface area contributed by atoms with Crippen molar-refractivity contribution in [3.05, 3.63) is 28.2 Å². The molecule has 2 unspecified atom stereocenters. The van der Waals surface area contributed by atoms with Crippen molar-refractivity contribution in [3.63, 3.8) is 0 Å². The summed E-state index contributed by atoms with van der Waals surface area (Å²) < 4.78 is 27.5. The van der Waals surface area contributed by atoms with Crippen LogP contribution in [-0.2, 0) is 0 Å². The summed E-state index contributed by atoms with van der Waals surface area (Å²) in [5.41, 5.74) is 0.279. The van der Waals surface area contributed by atoms with Crippen molar-refractivity contribution < 1.29 is 8.78 Å². The van der Waals surface area contributed by atoms with Gasteiger partial charge >= 0.3 is 0 Å². The van der Waals surface area contributed by atoms with Gasteiger partial charge in [-0.1, -0.05) is 26.7 Å². The van der Waals surface area contributed by atoms with Gasteiger partial charge < -0.3 is 5.32 Å². The Balaban J connectivity index is 2.01. The van der Waals surface area contributed by atoms with E-state index in [2.05, 4.69) is 35.1 Å². The first-order valence-electron chi connectivity index (χ1n) is 7.36. The predicted molar refractivity (Wildman–Crippen MR) is 82.9 cm³/mol. The molecule has 1 N–H and O–H groups in total. The summed E-state index contributed by atoms with van der Waals surface area (Å²) in [6.45, 7) is 4.47. The highest BCUT2D eigenvalue weighted by Gasteiger charge is 2.23. The second-order valence-corrected chi connectivity index (χ2v) is 7.10. The maximum absolute atomic E-state index is 13.8. The molecule has 2 atom stereocenters. The van der Waals surface area contributed by atoms with Gasteiger partial charge in [-0.2, -0.15) is 0 Å². The van der Waals surface area contributed by atoms with E-state index in [0.29, 0.717) is 11.8 Å². The fraction of sp³-hybridized carbons (Fsp3) is 0.625. The molecular weight excluding hydrogens is 324 g/mol.